The highest BCUT2D eigenvalue weighted by atomic mass is 35.5. The van der Waals surface area contributed by atoms with Crippen LogP contribution in [0.3, 0.4) is 0 Å². The van der Waals surface area contributed by atoms with Gasteiger partial charge in [0.25, 0.3) is 0 Å². The zero-order chi connectivity index (χ0) is 9.54. The molecule has 3 aromatic rings. The van der Waals surface area contributed by atoms with Crippen LogP contribution in [0, 0.1) is 0 Å². The third-order valence-corrected chi connectivity index (χ3v) is 2.67. The summed E-state index contributed by atoms with van der Waals surface area (Å²) in [6.07, 6.45) is 1.77. The van der Waals surface area contributed by atoms with Crippen LogP contribution in [0.2, 0.25) is 5.02 Å². The number of pyridine rings is 1. The average molecular weight is 203 g/mol. The Morgan fingerprint density at radius 2 is 1.93 bits per heavy atom. The van der Waals surface area contributed by atoms with Crippen molar-refractivity contribution in [3.8, 4) is 0 Å². The molecule has 3 heteroatoms. The van der Waals surface area contributed by atoms with Crippen LogP contribution in [0.5, 0.6) is 0 Å². The van der Waals surface area contributed by atoms with E-state index in [9.17, 15) is 0 Å². The molecule has 0 fully saturated rings. The van der Waals surface area contributed by atoms with Crippen LogP contribution in [0.1, 0.15) is 0 Å². The first-order valence-electron chi connectivity index (χ1n) is 4.37. The van der Waals surface area contributed by atoms with Crippen LogP contribution >= 0.6 is 11.6 Å². The minimum atomic E-state index is 0.737. The molecule has 0 atom stereocenters. The molecule has 0 radical (unpaired) electrons. The number of fused-ring (bicyclic) bond motifs is 3. The molecule has 0 saturated heterocycles. The number of rotatable bonds is 0. The van der Waals surface area contributed by atoms with Gasteiger partial charge in [0.1, 0.15) is 5.65 Å². The minimum absolute atomic E-state index is 0.737. The number of halogens is 1. The normalized spacial score (nSPS) is 11.2. The van der Waals surface area contributed by atoms with Gasteiger partial charge >= 0.3 is 0 Å². The van der Waals surface area contributed by atoms with Crippen molar-refractivity contribution in [2.24, 2.45) is 0 Å². The lowest BCUT2D eigenvalue weighted by molar-refractivity contribution is 1.35. The molecule has 2 heterocycles. The van der Waals surface area contributed by atoms with Crippen LogP contribution in [0.25, 0.3) is 21.9 Å². The summed E-state index contributed by atoms with van der Waals surface area (Å²) in [7, 11) is 0. The van der Waals surface area contributed by atoms with Crippen LogP contribution in [-0.2, 0) is 0 Å². The first kappa shape index (κ1) is 7.83. The summed E-state index contributed by atoms with van der Waals surface area (Å²) in [5.41, 5.74) is 1.85. The number of nitrogens with zero attached hydrogens (tertiary/aromatic N) is 1. The highest BCUT2D eigenvalue weighted by Crippen LogP contribution is 2.28. The third kappa shape index (κ3) is 0.946. The van der Waals surface area contributed by atoms with Gasteiger partial charge < -0.3 is 4.98 Å². The monoisotopic (exact) mass is 202 g/mol. The van der Waals surface area contributed by atoms with E-state index in [0.717, 1.165) is 27.0 Å². The molecule has 2 aromatic heterocycles. The quantitative estimate of drug-likeness (QED) is 0.595. The molecule has 2 nitrogen and oxygen atoms in total. The molecule has 1 aromatic carbocycles. The van der Waals surface area contributed by atoms with Crippen molar-refractivity contribution in [3.05, 3.63) is 41.6 Å². The smallest absolute Gasteiger partial charge is 0.138 e. The van der Waals surface area contributed by atoms with E-state index in [-0.39, 0.29) is 0 Å². The largest absolute Gasteiger partial charge is 0.338 e. The van der Waals surface area contributed by atoms with Gasteiger partial charge in [0, 0.05) is 17.0 Å². The summed E-state index contributed by atoms with van der Waals surface area (Å²) in [6, 6.07) is 9.83. The second-order valence-corrected chi connectivity index (χ2v) is 3.59. The number of aromatic nitrogens is 2. The molecular weight excluding hydrogens is 196 g/mol. The molecule has 0 saturated carbocycles. The minimum Gasteiger partial charge on any atom is -0.338 e. The van der Waals surface area contributed by atoms with Crippen molar-refractivity contribution in [1.82, 2.24) is 9.97 Å². The molecule has 1 N–H and O–H groups in total. The van der Waals surface area contributed by atoms with Gasteiger partial charge in [0.15, 0.2) is 0 Å². The van der Waals surface area contributed by atoms with Gasteiger partial charge in [-0.1, -0.05) is 23.7 Å². The lowest BCUT2D eigenvalue weighted by Gasteiger charge is -1.91. The average Bonchev–Trinajstić information content (AvgIpc) is 2.59. The molecule has 68 valence electrons. The van der Waals surface area contributed by atoms with Crippen LogP contribution in [0.4, 0.5) is 0 Å². The van der Waals surface area contributed by atoms with Gasteiger partial charge in [0.05, 0.1) is 10.5 Å². The SMILES string of the molecule is Clc1cccc2c1[nH]c1ncccc12. The van der Waals surface area contributed by atoms with E-state index in [4.69, 9.17) is 11.6 Å². The molecule has 3 rings (SSSR count). The maximum atomic E-state index is 6.07. The summed E-state index contributed by atoms with van der Waals surface area (Å²) >= 11 is 6.07. The Hall–Kier alpha value is -1.54. The standard InChI is InChI=1S/C11H7ClN2/c12-9-5-1-3-7-8-4-2-6-13-11(8)14-10(7)9/h1-6H,(H,13,14). The maximum absolute atomic E-state index is 6.07. The molecule has 0 aliphatic rings. The van der Waals surface area contributed by atoms with E-state index in [1.54, 1.807) is 6.20 Å². The van der Waals surface area contributed by atoms with Crippen molar-refractivity contribution in [1.29, 1.82) is 0 Å². The summed E-state index contributed by atoms with van der Waals surface area (Å²) in [5.74, 6) is 0. The highest BCUT2D eigenvalue weighted by Gasteiger charge is 2.05. The van der Waals surface area contributed by atoms with Gasteiger partial charge in [-0.2, -0.15) is 0 Å². The molecule has 0 aliphatic heterocycles. The fourth-order valence-corrected chi connectivity index (χ4v) is 1.94. The lowest BCUT2D eigenvalue weighted by atomic mass is 10.2. The Bertz CT molecular complexity index is 613. The Morgan fingerprint density at radius 3 is 2.86 bits per heavy atom. The van der Waals surface area contributed by atoms with E-state index in [2.05, 4.69) is 9.97 Å². The van der Waals surface area contributed by atoms with Gasteiger partial charge in [-0.15, -0.1) is 0 Å². The lowest BCUT2D eigenvalue weighted by Crippen LogP contribution is -1.71. The van der Waals surface area contributed by atoms with E-state index < -0.39 is 0 Å². The molecular formula is C11H7ClN2. The number of aromatic amines is 1. The molecule has 0 spiro atoms. The number of nitrogens with one attached hydrogen (secondary N) is 1. The molecule has 0 amide bonds. The molecule has 0 bridgehead atoms. The zero-order valence-electron chi connectivity index (χ0n) is 7.29. The fraction of sp³-hybridized carbons (Fsp3) is 0. The number of para-hydroxylation sites is 1. The predicted octanol–water partition coefficient (Wildman–Crippen LogP) is 3.37. The Labute approximate surface area is 85.5 Å². The molecule has 0 aliphatic carbocycles. The Balaban J connectivity index is 2.63. The maximum Gasteiger partial charge on any atom is 0.138 e. The van der Waals surface area contributed by atoms with Crippen molar-refractivity contribution < 1.29 is 0 Å². The fourth-order valence-electron chi connectivity index (χ4n) is 1.72. The summed E-state index contributed by atoms with van der Waals surface area (Å²) in [5, 5.41) is 2.98. The van der Waals surface area contributed by atoms with Crippen LogP contribution in [-0.4, -0.2) is 9.97 Å². The number of benzene rings is 1. The summed E-state index contributed by atoms with van der Waals surface area (Å²) < 4.78 is 0. The van der Waals surface area contributed by atoms with Crippen molar-refractivity contribution in [3.63, 3.8) is 0 Å². The number of hydrogen-bond acceptors (Lipinski definition) is 1. The second kappa shape index (κ2) is 2.72. The van der Waals surface area contributed by atoms with Crippen molar-refractivity contribution in [2.75, 3.05) is 0 Å². The molecule has 14 heavy (non-hydrogen) atoms. The summed E-state index contributed by atoms with van der Waals surface area (Å²) in [4.78, 5) is 7.45. The summed E-state index contributed by atoms with van der Waals surface area (Å²) in [6.45, 7) is 0. The van der Waals surface area contributed by atoms with Crippen LogP contribution in [0.15, 0.2) is 36.5 Å². The van der Waals surface area contributed by atoms with E-state index in [0.29, 0.717) is 0 Å². The van der Waals surface area contributed by atoms with Crippen molar-refractivity contribution in [2.45, 2.75) is 0 Å². The zero-order valence-corrected chi connectivity index (χ0v) is 8.05. The van der Waals surface area contributed by atoms with Gasteiger partial charge in [-0.3, -0.25) is 0 Å². The topological polar surface area (TPSA) is 28.7 Å². The van der Waals surface area contributed by atoms with E-state index in [1.807, 2.05) is 30.3 Å². The van der Waals surface area contributed by atoms with Crippen LogP contribution < -0.4 is 0 Å². The third-order valence-electron chi connectivity index (χ3n) is 2.35. The van der Waals surface area contributed by atoms with E-state index >= 15 is 0 Å². The number of H-pyrrole nitrogens is 1. The predicted molar refractivity (Wildman–Crippen MR) is 58.6 cm³/mol. The first-order chi connectivity index (χ1) is 6.86. The van der Waals surface area contributed by atoms with Gasteiger partial charge in [-0.05, 0) is 18.2 Å². The second-order valence-electron chi connectivity index (χ2n) is 3.19. The Morgan fingerprint density at radius 1 is 1.07 bits per heavy atom. The van der Waals surface area contributed by atoms with E-state index in [1.165, 1.54) is 0 Å². The highest BCUT2D eigenvalue weighted by molar-refractivity contribution is 6.36. The van der Waals surface area contributed by atoms with Crippen molar-refractivity contribution >= 4 is 33.5 Å². The molecule has 0 unspecified atom stereocenters. The number of hydrogen-bond donors (Lipinski definition) is 1. The van der Waals surface area contributed by atoms with Gasteiger partial charge in [0.2, 0.25) is 0 Å². The Kier molecular flexibility index (Phi) is 1.52. The first-order valence-corrected chi connectivity index (χ1v) is 4.75. The van der Waals surface area contributed by atoms with Gasteiger partial charge in [-0.25, -0.2) is 4.98 Å².